The maximum atomic E-state index is 12.2. The summed E-state index contributed by atoms with van der Waals surface area (Å²) in [6, 6.07) is 0. The maximum Gasteiger partial charge on any atom is 0.435 e. The molecule has 0 radical (unpaired) electrons. The Balaban J connectivity index is 3.11. The van der Waals surface area contributed by atoms with Crippen LogP contribution in [0, 0.1) is 0 Å². The molecule has 1 rings (SSSR count). The normalized spacial score (nSPS) is 12.5. The maximum absolute atomic E-state index is 12.2. The number of hydrogen-bond acceptors (Lipinski definition) is 2. The molecule has 1 nitrogen and oxygen atoms in total. The monoisotopic (exact) mass is 273 g/mol. The minimum atomic E-state index is -4.36. The van der Waals surface area contributed by atoms with Crippen LogP contribution < -0.4 is 0 Å². The second-order valence-corrected chi connectivity index (χ2v) is 5.18. The minimum absolute atomic E-state index is 0.0254. The van der Waals surface area contributed by atoms with Crippen molar-refractivity contribution in [2.45, 2.75) is 25.9 Å². The lowest BCUT2D eigenvalue weighted by atomic mass is 10.2. The van der Waals surface area contributed by atoms with Gasteiger partial charge >= 0.3 is 6.18 Å². The zero-order valence-electron chi connectivity index (χ0n) is 6.94. The van der Waals surface area contributed by atoms with Crippen LogP contribution in [-0.2, 0) is 6.18 Å². The van der Waals surface area contributed by atoms with Crippen LogP contribution in [0.2, 0.25) is 0 Å². The van der Waals surface area contributed by atoms with Crippen molar-refractivity contribution < 1.29 is 13.2 Å². The van der Waals surface area contributed by atoms with Gasteiger partial charge in [0.25, 0.3) is 0 Å². The van der Waals surface area contributed by atoms with Crippen molar-refractivity contribution in [2.75, 3.05) is 0 Å². The highest BCUT2D eigenvalue weighted by atomic mass is 79.9. The first-order valence-electron chi connectivity index (χ1n) is 3.55. The molecule has 0 aromatic carbocycles. The van der Waals surface area contributed by atoms with Crippen LogP contribution in [0.5, 0.6) is 0 Å². The van der Waals surface area contributed by atoms with Crippen molar-refractivity contribution in [1.82, 2.24) is 4.98 Å². The molecule has 0 atom stereocenters. The van der Waals surface area contributed by atoms with Gasteiger partial charge in [0.05, 0.1) is 5.01 Å². The van der Waals surface area contributed by atoms with Crippen LogP contribution in [0.3, 0.4) is 0 Å². The van der Waals surface area contributed by atoms with Gasteiger partial charge in [-0.2, -0.15) is 13.2 Å². The van der Waals surface area contributed by atoms with Crippen LogP contribution in [0.1, 0.15) is 30.5 Å². The van der Waals surface area contributed by atoms with Crippen LogP contribution in [0.15, 0.2) is 3.79 Å². The number of aromatic nitrogens is 1. The quantitative estimate of drug-likeness (QED) is 0.752. The van der Waals surface area contributed by atoms with E-state index < -0.39 is 11.9 Å². The Morgan fingerprint density at radius 3 is 2.15 bits per heavy atom. The van der Waals surface area contributed by atoms with Crippen LogP contribution in [0.4, 0.5) is 13.2 Å². The van der Waals surface area contributed by atoms with Crippen LogP contribution in [-0.4, -0.2) is 4.98 Å². The molecule has 74 valence electrons. The number of rotatable bonds is 1. The highest BCUT2D eigenvalue weighted by Crippen LogP contribution is 2.39. The molecule has 1 aromatic heterocycles. The summed E-state index contributed by atoms with van der Waals surface area (Å²) in [6.45, 7) is 3.62. The first kappa shape index (κ1) is 11.0. The van der Waals surface area contributed by atoms with Crippen molar-refractivity contribution in [3.63, 3.8) is 0 Å². The summed E-state index contributed by atoms with van der Waals surface area (Å²) in [5.74, 6) is 0.0254. The Kier molecular flexibility index (Phi) is 3.01. The average Bonchev–Trinajstić information content (AvgIpc) is 2.29. The standard InChI is InChI=1S/C7H7BrF3NS/c1-3(2)6-12-4(5(8)13-6)7(9,10)11/h3H,1-2H3. The van der Waals surface area contributed by atoms with E-state index in [9.17, 15) is 13.2 Å². The summed E-state index contributed by atoms with van der Waals surface area (Å²) in [7, 11) is 0. The van der Waals surface area contributed by atoms with E-state index in [1.807, 2.05) is 13.8 Å². The molecule has 0 N–H and O–H groups in total. The highest BCUT2D eigenvalue weighted by Gasteiger charge is 2.37. The molecule has 0 saturated heterocycles. The Bertz CT molecular complexity index is 305. The molecule has 0 fully saturated rings. The largest absolute Gasteiger partial charge is 0.435 e. The molecule has 0 aliphatic rings. The van der Waals surface area contributed by atoms with E-state index in [2.05, 4.69) is 20.9 Å². The summed E-state index contributed by atoms with van der Waals surface area (Å²) < 4.78 is 36.8. The second-order valence-electron chi connectivity index (χ2n) is 2.83. The fourth-order valence-corrected chi connectivity index (χ4v) is 2.36. The zero-order valence-corrected chi connectivity index (χ0v) is 9.35. The van der Waals surface area contributed by atoms with Gasteiger partial charge in [0.2, 0.25) is 0 Å². The molecule has 0 aliphatic carbocycles. The van der Waals surface area contributed by atoms with E-state index in [1.165, 1.54) is 0 Å². The topological polar surface area (TPSA) is 12.9 Å². The van der Waals surface area contributed by atoms with Crippen molar-refractivity contribution in [2.24, 2.45) is 0 Å². The van der Waals surface area contributed by atoms with Gasteiger partial charge in [-0.05, 0) is 15.9 Å². The highest BCUT2D eigenvalue weighted by molar-refractivity contribution is 9.11. The van der Waals surface area contributed by atoms with Crippen molar-refractivity contribution in [3.8, 4) is 0 Å². The number of alkyl halides is 3. The molecule has 0 saturated carbocycles. The van der Waals surface area contributed by atoms with Crippen LogP contribution in [0.25, 0.3) is 0 Å². The minimum Gasteiger partial charge on any atom is -0.235 e. The van der Waals surface area contributed by atoms with Gasteiger partial charge in [0, 0.05) is 5.92 Å². The van der Waals surface area contributed by atoms with Crippen molar-refractivity contribution in [3.05, 3.63) is 14.5 Å². The lowest BCUT2D eigenvalue weighted by Crippen LogP contribution is -2.06. The first-order valence-corrected chi connectivity index (χ1v) is 5.16. The summed E-state index contributed by atoms with van der Waals surface area (Å²) in [6.07, 6.45) is -4.36. The number of halogens is 4. The summed E-state index contributed by atoms with van der Waals surface area (Å²) in [5.41, 5.74) is -0.818. The summed E-state index contributed by atoms with van der Waals surface area (Å²) in [5, 5.41) is 0.499. The Labute approximate surface area is 86.1 Å². The van der Waals surface area contributed by atoms with Gasteiger partial charge in [-0.3, -0.25) is 0 Å². The van der Waals surface area contributed by atoms with Crippen LogP contribution >= 0.6 is 27.3 Å². The molecule has 1 aromatic rings. The fourth-order valence-electron chi connectivity index (χ4n) is 0.739. The lowest BCUT2D eigenvalue weighted by Gasteiger charge is -2.01. The molecular weight excluding hydrogens is 267 g/mol. The van der Waals surface area contributed by atoms with E-state index in [1.54, 1.807) is 0 Å². The zero-order chi connectivity index (χ0) is 10.2. The van der Waals surface area contributed by atoms with E-state index >= 15 is 0 Å². The van der Waals surface area contributed by atoms with E-state index in [4.69, 9.17) is 0 Å². The molecule has 0 amide bonds. The van der Waals surface area contributed by atoms with Crippen molar-refractivity contribution >= 4 is 27.3 Å². The molecule has 0 bridgehead atoms. The summed E-state index contributed by atoms with van der Waals surface area (Å²) in [4.78, 5) is 3.53. The molecular formula is C7H7BrF3NS. The van der Waals surface area contributed by atoms with E-state index in [-0.39, 0.29) is 9.70 Å². The molecule has 0 aliphatic heterocycles. The molecule has 0 unspecified atom stereocenters. The van der Waals surface area contributed by atoms with E-state index in [0.717, 1.165) is 11.3 Å². The Morgan fingerprint density at radius 2 is 1.92 bits per heavy atom. The van der Waals surface area contributed by atoms with Gasteiger partial charge in [-0.1, -0.05) is 13.8 Å². The smallest absolute Gasteiger partial charge is 0.235 e. The molecule has 6 heteroatoms. The predicted octanol–water partition coefficient (Wildman–Crippen LogP) is 4.05. The first-order chi connectivity index (χ1) is 5.82. The van der Waals surface area contributed by atoms with Gasteiger partial charge in [-0.25, -0.2) is 4.98 Å². The van der Waals surface area contributed by atoms with Gasteiger partial charge in [0.1, 0.15) is 3.79 Å². The lowest BCUT2D eigenvalue weighted by molar-refractivity contribution is -0.141. The fraction of sp³-hybridized carbons (Fsp3) is 0.571. The van der Waals surface area contributed by atoms with Gasteiger partial charge < -0.3 is 0 Å². The molecule has 1 heterocycles. The molecule has 0 spiro atoms. The third kappa shape index (κ3) is 2.43. The number of thiazole rings is 1. The Hall–Kier alpha value is -0.100. The SMILES string of the molecule is CC(C)c1nc(C(F)(F)F)c(Br)s1. The van der Waals surface area contributed by atoms with Crippen molar-refractivity contribution in [1.29, 1.82) is 0 Å². The van der Waals surface area contributed by atoms with E-state index in [0.29, 0.717) is 5.01 Å². The predicted molar refractivity (Wildman–Crippen MR) is 48.9 cm³/mol. The average molecular weight is 274 g/mol. The Morgan fingerprint density at radius 1 is 1.38 bits per heavy atom. The van der Waals surface area contributed by atoms with Gasteiger partial charge in [-0.15, -0.1) is 11.3 Å². The van der Waals surface area contributed by atoms with Gasteiger partial charge in [0.15, 0.2) is 5.69 Å². The number of hydrogen-bond donors (Lipinski definition) is 0. The third-order valence-corrected chi connectivity index (χ3v) is 3.37. The summed E-state index contributed by atoms with van der Waals surface area (Å²) >= 11 is 3.89. The molecule has 13 heavy (non-hydrogen) atoms. The number of nitrogens with zero attached hydrogens (tertiary/aromatic N) is 1. The third-order valence-electron chi connectivity index (χ3n) is 1.36. The second kappa shape index (κ2) is 3.57.